The van der Waals surface area contributed by atoms with E-state index in [-0.39, 0.29) is 5.92 Å². The van der Waals surface area contributed by atoms with E-state index in [9.17, 15) is 9.59 Å². The van der Waals surface area contributed by atoms with Crippen molar-refractivity contribution in [2.24, 2.45) is 11.3 Å². The molecule has 0 N–H and O–H groups in total. The second-order valence-electron chi connectivity index (χ2n) is 3.49. The van der Waals surface area contributed by atoms with E-state index in [1.54, 1.807) is 0 Å². The minimum atomic E-state index is -1.19. The van der Waals surface area contributed by atoms with E-state index in [0.29, 0.717) is 12.0 Å². The molecular weight excluding hydrogens is 196 g/mol. The van der Waals surface area contributed by atoms with Crippen molar-refractivity contribution in [1.29, 1.82) is 0 Å². The van der Waals surface area contributed by atoms with Gasteiger partial charge in [0, 0.05) is 5.92 Å². The smallest absolute Gasteiger partial charge is 0.323 e. The summed E-state index contributed by atoms with van der Waals surface area (Å²) in [6.07, 6.45) is 1.93. The molecule has 1 rings (SSSR count). The molecule has 0 heterocycles. The minimum Gasteiger partial charge on any atom is -0.468 e. The summed E-state index contributed by atoms with van der Waals surface area (Å²) in [6, 6.07) is 0. The number of carbonyl (C=O) groups is 2. The van der Waals surface area contributed by atoms with Crippen molar-refractivity contribution in [3.05, 3.63) is 24.8 Å². The van der Waals surface area contributed by atoms with E-state index in [1.807, 2.05) is 0 Å². The lowest BCUT2D eigenvalue weighted by Gasteiger charge is -2.12. The van der Waals surface area contributed by atoms with Gasteiger partial charge in [-0.05, 0) is 6.42 Å². The molecule has 0 amide bonds. The summed E-state index contributed by atoms with van der Waals surface area (Å²) in [6.45, 7) is 7.28. The number of ether oxygens (including phenoxy) is 2. The molecule has 4 nitrogen and oxygen atoms in total. The maximum absolute atomic E-state index is 11.5. The van der Waals surface area contributed by atoms with E-state index < -0.39 is 17.4 Å². The van der Waals surface area contributed by atoms with Crippen LogP contribution in [0, 0.1) is 11.3 Å². The van der Waals surface area contributed by atoms with Crippen LogP contribution in [0.4, 0.5) is 0 Å². The van der Waals surface area contributed by atoms with E-state index in [2.05, 4.69) is 22.6 Å². The Morgan fingerprint density at radius 2 is 1.80 bits per heavy atom. The molecule has 0 saturated heterocycles. The molecule has 0 spiro atoms. The van der Waals surface area contributed by atoms with Crippen molar-refractivity contribution < 1.29 is 19.1 Å². The number of carbonyl (C=O) groups excluding carboxylic acids is 2. The molecule has 1 atom stereocenters. The average Bonchev–Trinajstić information content (AvgIpc) is 3.02. The molecule has 1 saturated carbocycles. The number of rotatable bonds is 4. The van der Waals surface area contributed by atoms with Crippen LogP contribution >= 0.6 is 0 Å². The van der Waals surface area contributed by atoms with Crippen LogP contribution in [-0.2, 0) is 19.1 Å². The average molecular weight is 210 g/mol. The summed E-state index contributed by atoms with van der Waals surface area (Å²) in [5.41, 5.74) is -0.528. The lowest BCUT2D eigenvalue weighted by Crippen LogP contribution is -2.30. The van der Waals surface area contributed by atoms with Crippen LogP contribution in [0.1, 0.15) is 6.42 Å². The van der Waals surface area contributed by atoms with Crippen molar-refractivity contribution in [2.75, 3.05) is 14.2 Å². The molecule has 1 aliphatic rings. The largest absolute Gasteiger partial charge is 0.468 e. The Morgan fingerprint density at radius 3 is 2.13 bits per heavy atom. The van der Waals surface area contributed by atoms with Gasteiger partial charge in [-0.2, -0.15) is 0 Å². The molecule has 0 aliphatic heterocycles. The Bertz CT molecular complexity index is 313. The van der Waals surface area contributed by atoms with E-state index in [4.69, 9.17) is 0 Å². The van der Waals surface area contributed by atoms with Gasteiger partial charge in [0.15, 0.2) is 5.41 Å². The molecule has 1 fully saturated rings. The molecule has 0 radical (unpaired) electrons. The van der Waals surface area contributed by atoms with E-state index >= 15 is 0 Å². The standard InChI is InChI=1S/C11H14O4/c1-5-7(2)8-6-11(8,9(12)14-3)10(13)15-4/h5,8H,1-2,6H2,3-4H3. The first-order valence-corrected chi connectivity index (χ1v) is 4.52. The SMILES string of the molecule is C=CC(=C)C1CC1(C(=O)OC)C(=O)OC. The fraction of sp³-hybridized carbons (Fsp3) is 0.455. The summed E-state index contributed by atoms with van der Waals surface area (Å²) in [5.74, 6) is -1.38. The molecule has 0 aromatic heterocycles. The van der Waals surface area contributed by atoms with Crippen molar-refractivity contribution in [3.8, 4) is 0 Å². The number of esters is 2. The number of allylic oxidation sites excluding steroid dienone is 2. The third-order valence-corrected chi connectivity index (χ3v) is 2.77. The maximum Gasteiger partial charge on any atom is 0.323 e. The van der Waals surface area contributed by atoms with Gasteiger partial charge in [0.05, 0.1) is 14.2 Å². The van der Waals surface area contributed by atoms with E-state index in [1.165, 1.54) is 20.3 Å². The topological polar surface area (TPSA) is 52.6 Å². The monoisotopic (exact) mass is 210 g/mol. The van der Waals surface area contributed by atoms with Gasteiger partial charge >= 0.3 is 11.9 Å². The van der Waals surface area contributed by atoms with Gasteiger partial charge < -0.3 is 9.47 Å². The summed E-state index contributed by atoms with van der Waals surface area (Å²) in [7, 11) is 2.50. The zero-order valence-corrected chi connectivity index (χ0v) is 8.91. The van der Waals surface area contributed by atoms with Crippen LogP contribution in [0.25, 0.3) is 0 Å². The highest BCUT2D eigenvalue weighted by Crippen LogP contribution is 2.57. The second kappa shape index (κ2) is 3.88. The summed E-state index contributed by atoms with van der Waals surface area (Å²) in [4.78, 5) is 23.1. The molecular formula is C11H14O4. The van der Waals surface area contributed by atoms with Crippen LogP contribution in [0.2, 0.25) is 0 Å². The zero-order valence-electron chi connectivity index (χ0n) is 8.91. The zero-order chi connectivity index (χ0) is 11.6. The Hall–Kier alpha value is -1.58. The first-order valence-electron chi connectivity index (χ1n) is 4.52. The molecule has 15 heavy (non-hydrogen) atoms. The lowest BCUT2D eigenvalue weighted by molar-refractivity contribution is -0.161. The third-order valence-electron chi connectivity index (χ3n) is 2.77. The van der Waals surface area contributed by atoms with Gasteiger partial charge in [-0.25, -0.2) is 0 Å². The highest BCUT2D eigenvalue weighted by Gasteiger charge is 2.68. The maximum atomic E-state index is 11.5. The first-order chi connectivity index (χ1) is 7.04. The normalized spacial score (nSPS) is 21.3. The Morgan fingerprint density at radius 1 is 1.33 bits per heavy atom. The lowest BCUT2D eigenvalue weighted by atomic mass is 10.00. The molecule has 0 aromatic rings. The van der Waals surface area contributed by atoms with Crippen LogP contribution in [0.3, 0.4) is 0 Å². The van der Waals surface area contributed by atoms with Crippen molar-refractivity contribution in [2.45, 2.75) is 6.42 Å². The minimum absolute atomic E-state index is 0.241. The Kier molecular flexibility index (Phi) is 2.98. The third kappa shape index (κ3) is 1.56. The fourth-order valence-electron chi connectivity index (χ4n) is 1.75. The molecule has 82 valence electrons. The number of hydrogen-bond donors (Lipinski definition) is 0. The van der Waals surface area contributed by atoms with E-state index in [0.717, 1.165) is 0 Å². The molecule has 1 aliphatic carbocycles. The van der Waals surface area contributed by atoms with Crippen LogP contribution in [0.5, 0.6) is 0 Å². The number of methoxy groups -OCH3 is 2. The molecule has 0 aromatic carbocycles. The predicted molar refractivity (Wildman–Crippen MR) is 53.9 cm³/mol. The van der Waals surface area contributed by atoms with Gasteiger partial charge in [-0.15, -0.1) is 0 Å². The Labute approximate surface area is 88.6 Å². The molecule has 0 bridgehead atoms. The van der Waals surface area contributed by atoms with Crippen molar-refractivity contribution in [1.82, 2.24) is 0 Å². The van der Waals surface area contributed by atoms with Crippen LogP contribution in [-0.4, -0.2) is 26.2 Å². The highest BCUT2D eigenvalue weighted by molar-refractivity contribution is 6.04. The quantitative estimate of drug-likeness (QED) is 0.396. The van der Waals surface area contributed by atoms with Gasteiger partial charge in [0.1, 0.15) is 0 Å². The van der Waals surface area contributed by atoms with Gasteiger partial charge in [-0.3, -0.25) is 9.59 Å². The predicted octanol–water partition coefficient (Wildman–Crippen LogP) is 1.08. The van der Waals surface area contributed by atoms with Gasteiger partial charge in [-0.1, -0.05) is 24.8 Å². The highest BCUT2D eigenvalue weighted by atomic mass is 16.5. The van der Waals surface area contributed by atoms with Crippen molar-refractivity contribution in [3.63, 3.8) is 0 Å². The fourth-order valence-corrected chi connectivity index (χ4v) is 1.75. The first kappa shape index (κ1) is 11.5. The van der Waals surface area contributed by atoms with Crippen LogP contribution in [0.15, 0.2) is 24.8 Å². The Balaban J connectivity index is 2.94. The van der Waals surface area contributed by atoms with Gasteiger partial charge in [0.2, 0.25) is 0 Å². The van der Waals surface area contributed by atoms with Gasteiger partial charge in [0.25, 0.3) is 0 Å². The van der Waals surface area contributed by atoms with Crippen molar-refractivity contribution >= 4 is 11.9 Å². The van der Waals surface area contributed by atoms with Crippen LogP contribution < -0.4 is 0 Å². The molecule has 4 heteroatoms. The molecule has 1 unspecified atom stereocenters. The number of hydrogen-bond acceptors (Lipinski definition) is 4. The summed E-state index contributed by atoms with van der Waals surface area (Å²) < 4.78 is 9.22. The second-order valence-corrected chi connectivity index (χ2v) is 3.49. The summed E-state index contributed by atoms with van der Waals surface area (Å²) >= 11 is 0. The summed E-state index contributed by atoms with van der Waals surface area (Å²) in [5, 5.41) is 0.